The van der Waals surface area contributed by atoms with Gasteiger partial charge < -0.3 is 4.74 Å². The predicted molar refractivity (Wildman–Crippen MR) is 67.8 cm³/mol. The minimum Gasteiger partial charge on any atom is -0.465 e. The minimum absolute atomic E-state index is 0.103. The van der Waals surface area contributed by atoms with Crippen LogP contribution in [0.2, 0.25) is 0 Å². The smallest absolute Gasteiger partial charge is 0.348 e. The van der Waals surface area contributed by atoms with Crippen LogP contribution in [0.4, 0.5) is 0 Å². The molecule has 0 aliphatic carbocycles. The van der Waals surface area contributed by atoms with Crippen molar-refractivity contribution in [3.8, 4) is 0 Å². The second kappa shape index (κ2) is 6.50. The molecular weight excluding hydrogens is 244 g/mol. The first-order valence-corrected chi connectivity index (χ1v) is 6.41. The number of methoxy groups -OCH3 is 1. The highest BCUT2D eigenvalue weighted by atomic mass is 32.2. The van der Waals surface area contributed by atoms with Gasteiger partial charge in [0, 0.05) is 17.6 Å². The summed E-state index contributed by atoms with van der Waals surface area (Å²) in [7, 11) is 1.36. The van der Waals surface area contributed by atoms with Crippen LogP contribution in [0.25, 0.3) is 6.08 Å². The molecule has 86 valence electrons. The van der Waals surface area contributed by atoms with E-state index in [2.05, 4.69) is 4.74 Å². The van der Waals surface area contributed by atoms with Crippen molar-refractivity contribution in [3.63, 3.8) is 0 Å². The fourth-order valence-corrected chi connectivity index (χ4v) is 2.27. The van der Waals surface area contributed by atoms with Crippen LogP contribution in [0, 0.1) is 0 Å². The number of thiophene rings is 1. The van der Waals surface area contributed by atoms with E-state index >= 15 is 0 Å². The lowest BCUT2D eigenvalue weighted by Gasteiger charge is -1.91. The molecule has 1 aromatic heterocycles. The summed E-state index contributed by atoms with van der Waals surface area (Å²) >= 11 is 2.62. The van der Waals surface area contributed by atoms with E-state index < -0.39 is 0 Å². The van der Waals surface area contributed by atoms with Gasteiger partial charge in [0.25, 0.3) is 0 Å². The number of carbonyl (C=O) groups is 2. The Bertz CT molecular complexity index is 407. The van der Waals surface area contributed by atoms with Crippen LogP contribution in [0.3, 0.4) is 0 Å². The average molecular weight is 256 g/mol. The molecule has 0 fully saturated rings. The molecule has 1 rings (SSSR count). The van der Waals surface area contributed by atoms with Crippen molar-refractivity contribution >= 4 is 40.3 Å². The summed E-state index contributed by atoms with van der Waals surface area (Å²) in [6, 6.07) is 3.58. The third-order valence-electron chi connectivity index (χ3n) is 1.68. The first-order valence-electron chi connectivity index (χ1n) is 4.61. The number of hydrogen-bond donors (Lipinski definition) is 0. The molecule has 1 aromatic rings. The van der Waals surface area contributed by atoms with E-state index in [-0.39, 0.29) is 11.1 Å². The van der Waals surface area contributed by atoms with Gasteiger partial charge in [-0.1, -0.05) is 17.8 Å². The Kier molecular flexibility index (Phi) is 5.28. The van der Waals surface area contributed by atoms with Crippen molar-refractivity contribution in [2.75, 3.05) is 12.9 Å². The van der Waals surface area contributed by atoms with E-state index in [1.54, 1.807) is 13.0 Å². The largest absolute Gasteiger partial charge is 0.465 e. The van der Waals surface area contributed by atoms with Crippen molar-refractivity contribution in [2.45, 2.75) is 6.92 Å². The zero-order valence-electron chi connectivity index (χ0n) is 9.06. The van der Waals surface area contributed by atoms with Crippen molar-refractivity contribution in [1.82, 2.24) is 0 Å². The molecule has 0 aliphatic heterocycles. The van der Waals surface area contributed by atoms with Gasteiger partial charge in [-0.25, -0.2) is 4.79 Å². The van der Waals surface area contributed by atoms with E-state index in [9.17, 15) is 9.59 Å². The van der Waals surface area contributed by atoms with Gasteiger partial charge in [0.1, 0.15) is 4.88 Å². The Morgan fingerprint density at radius 1 is 1.50 bits per heavy atom. The van der Waals surface area contributed by atoms with Gasteiger partial charge >= 0.3 is 5.97 Å². The lowest BCUT2D eigenvalue weighted by atomic mass is 10.4. The molecule has 0 radical (unpaired) electrons. The highest BCUT2D eigenvalue weighted by Crippen LogP contribution is 2.19. The molecule has 0 atom stereocenters. The molecule has 0 aliphatic rings. The Labute approximate surface area is 102 Å². The molecule has 3 nitrogen and oxygen atoms in total. The standard InChI is InChI=1S/C11H12O3S2/c1-8(12)15-7-3-4-9-5-6-10(16-9)11(13)14-2/h3-6H,7H2,1-2H3. The third-order valence-corrected chi connectivity index (χ3v) is 3.47. The van der Waals surface area contributed by atoms with Crippen LogP contribution < -0.4 is 0 Å². The first-order chi connectivity index (χ1) is 7.63. The third kappa shape index (κ3) is 4.20. The summed E-state index contributed by atoms with van der Waals surface area (Å²) in [5.74, 6) is 0.337. The summed E-state index contributed by atoms with van der Waals surface area (Å²) < 4.78 is 4.61. The predicted octanol–water partition coefficient (Wildman–Crippen LogP) is 2.83. The van der Waals surface area contributed by atoms with Gasteiger partial charge in [-0.2, -0.15) is 0 Å². The minimum atomic E-state index is -0.317. The van der Waals surface area contributed by atoms with Crippen molar-refractivity contribution < 1.29 is 14.3 Å². The number of esters is 1. The second-order valence-corrected chi connectivity index (χ2v) is 5.21. The van der Waals surface area contributed by atoms with Crippen LogP contribution in [-0.2, 0) is 9.53 Å². The van der Waals surface area contributed by atoms with E-state index in [0.717, 1.165) is 4.88 Å². The highest BCUT2D eigenvalue weighted by Gasteiger charge is 2.06. The summed E-state index contributed by atoms with van der Waals surface area (Å²) in [6.45, 7) is 1.54. The number of ether oxygens (including phenoxy) is 1. The summed E-state index contributed by atoms with van der Waals surface area (Å²) in [5.41, 5.74) is 0. The van der Waals surface area contributed by atoms with E-state index in [0.29, 0.717) is 10.6 Å². The van der Waals surface area contributed by atoms with E-state index in [1.807, 2.05) is 18.2 Å². The fraction of sp³-hybridized carbons (Fsp3) is 0.273. The number of thioether (sulfide) groups is 1. The Morgan fingerprint density at radius 3 is 2.88 bits per heavy atom. The summed E-state index contributed by atoms with van der Waals surface area (Å²) in [4.78, 5) is 23.4. The van der Waals surface area contributed by atoms with Gasteiger partial charge in [-0.15, -0.1) is 11.3 Å². The molecule has 0 aromatic carbocycles. The molecule has 16 heavy (non-hydrogen) atoms. The van der Waals surface area contributed by atoms with Crippen LogP contribution in [0.1, 0.15) is 21.5 Å². The maximum absolute atomic E-state index is 11.2. The molecule has 5 heteroatoms. The monoisotopic (exact) mass is 256 g/mol. The van der Waals surface area contributed by atoms with Crippen molar-refractivity contribution in [2.24, 2.45) is 0 Å². The van der Waals surface area contributed by atoms with Crippen LogP contribution in [0.5, 0.6) is 0 Å². The van der Waals surface area contributed by atoms with Gasteiger partial charge in [-0.05, 0) is 18.2 Å². The van der Waals surface area contributed by atoms with Gasteiger partial charge in [0.15, 0.2) is 5.12 Å². The number of rotatable bonds is 4. The quantitative estimate of drug-likeness (QED) is 0.777. The highest BCUT2D eigenvalue weighted by molar-refractivity contribution is 8.13. The van der Waals surface area contributed by atoms with Crippen LogP contribution in [0.15, 0.2) is 18.2 Å². The number of carbonyl (C=O) groups excluding carboxylic acids is 2. The van der Waals surface area contributed by atoms with Crippen LogP contribution in [-0.4, -0.2) is 23.9 Å². The fourth-order valence-electron chi connectivity index (χ4n) is 0.982. The Balaban J connectivity index is 2.52. The number of hydrogen-bond acceptors (Lipinski definition) is 5. The van der Waals surface area contributed by atoms with Gasteiger partial charge in [-0.3, -0.25) is 4.79 Å². The Morgan fingerprint density at radius 2 is 2.25 bits per heavy atom. The molecule has 0 spiro atoms. The van der Waals surface area contributed by atoms with Crippen LogP contribution >= 0.6 is 23.1 Å². The van der Waals surface area contributed by atoms with E-state index in [4.69, 9.17) is 0 Å². The maximum Gasteiger partial charge on any atom is 0.348 e. The molecule has 0 saturated carbocycles. The lowest BCUT2D eigenvalue weighted by Crippen LogP contribution is -1.96. The zero-order valence-corrected chi connectivity index (χ0v) is 10.7. The molecular formula is C11H12O3S2. The van der Waals surface area contributed by atoms with Gasteiger partial charge in [0.2, 0.25) is 0 Å². The maximum atomic E-state index is 11.2. The first kappa shape index (κ1) is 13.0. The molecule has 0 N–H and O–H groups in total. The van der Waals surface area contributed by atoms with Gasteiger partial charge in [0.05, 0.1) is 7.11 Å². The average Bonchev–Trinajstić information content (AvgIpc) is 2.71. The zero-order chi connectivity index (χ0) is 12.0. The molecule has 0 bridgehead atoms. The summed E-state index contributed by atoms with van der Waals surface area (Å²) in [5, 5.41) is 0.103. The Hall–Kier alpha value is -1.07. The normalized spacial score (nSPS) is 10.6. The molecule has 0 saturated heterocycles. The van der Waals surface area contributed by atoms with E-state index in [1.165, 1.54) is 30.2 Å². The van der Waals surface area contributed by atoms with Crippen molar-refractivity contribution in [1.29, 1.82) is 0 Å². The summed E-state index contributed by atoms with van der Waals surface area (Å²) in [6.07, 6.45) is 3.80. The molecule has 1 heterocycles. The lowest BCUT2D eigenvalue weighted by molar-refractivity contribution is -0.109. The van der Waals surface area contributed by atoms with Crippen molar-refractivity contribution in [3.05, 3.63) is 28.0 Å². The topological polar surface area (TPSA) is 43.4 Å². The molecule has 0 unspecified atom stereocenters. The SMILES string of the molecule is COC(=O)c1ccc(C=CCSC(C)=O)s1. The second-order valence-electron chi connectivity index (χ2n) is 2.90. The molecule has 0 amide bonds.